The predicted octanol–water partition coefficient (Wildman–Crippen LogP) is 2.29. The lowest BCUT2D eigenvalue weighted by molar-refractivity contribution is -0.132. The molecule has 0 bridgehead atoms. The summed E-state index contributed by atoms with van der Waals surface area (Å²) < 4.78 is 16.0. The second-order valence-corrected chi connectivity index (χ2v) is 6.61. The van der Waals surface area contributed by atoms with Gasteiger partial charge in [-0.1, -0.05) is 25.1 Å². The Kier molecular flexibility index (Phi) is 4.15. The van der Waals surface area contributed by atoms with E-state index in [4.69, 9.17) is 0 Å². The van der Waals surface area contributed by atoms with Gasteiger partial charge in [0, 0.05) is 18.2 Å². The molecule has 6 heteroatoms. The van der Waals surface area contributed by atoms with Crippen LogP contribution < -0.4 is 5.32 Å². The molecule has 1 aliphatic rings. The molecule has 0 saturated heterocycles. The number of rotatable bonds is 5. The summed E-state index contributed by atoms with van der Waals surface area (Å²) in [6.45, 7) is 4.60. The molecule has 1 saturated carbocycles. The van der Waals surface area contributed by atoms with E-state index in [1.807, 2.05) is 11.5 Å². The van der Waals surface area contributed by atoms with E-state index in [9.17, 15) is 9.18 Å². The van der Waals surface area contributed by atoms with E-state index in [0.717, 1.165) is 0 Å². The van der Waals surface area contributed by atoms with Gasteiger partial charge in [-0.3, -0.25) is 4.79 Å². The van der Waals surface area contributed by atoms with Crippen LogP contribution in [-0.2, 0) is 16.8 Å². The fraction of sp³-hybridized carbons (Fsp3) is 0.471. The van der Waals surface area contributed by atoms with Crippen molar-refractivity contribution in [2.75, 3.05) is 0 Å². The highest BCUT2D eigenvalue weighted by Gasteiger charge is 2.51. The van der Waals surface area contributed by atoms with Gasteiger partial charge in [0.15, 0.2) is 0 Å². The number of amides is 1. The van der Waals surface area contributed by atoms with Gasteiger partial charge in [0.25, 0.3) is 0 Å². The van der Waals surface area contributed by atoms with Gasteiger partial charge in [-0.2, -0.15) is 0 Å². The van der Waals surface area contributed by atoms with Crippen LogP contribution in [0.2, 0.25) is 0 Å². The van der Waals surface area contributed by atoms with Gasteiger partial charge in [-0.25, -0.2) is 4.39 Å². The van der Waals surface area contributed by atoms with Crippen molar-refractivity contribution < 1.29 is 9.18 Å². The third-order valence-corrected chi connectivity index (χ3v) is 4.55. The minimum absolute atomic E-state index is 0.0851. The summed E-state index contributed by atoms with van der Waals surface area (Å²) in [5.74, 6) is 0.0239. The highest BCUT2D eigenvalue weighted by molar-refractivity contribution is 5.89. The van der Waals surface area contributed by atoms with E-state index in [1.54, 1.807) is 30.9 Å². The van der Waals surface area contributed by atoms with Crippen molar-refractivity contribution in [2.24, 2.45) is 5.92 Å². The molecular formula is C17H21FN4O. The molecule has 3 rings (SSSR count). The van der Waals surface area contributed by atoms with Crippen LogP contribution >= 0.6 is 0 Å². The van der Waals surface area contributed by atoms with Crippen molar-refractivity contribution in [3.8, 4) is 0 Å². The number of aromatic nitrogens is 3. The molecular weight excluding hydrogens is 295 g/mol. The smallest absolute Gasteiger partial charge is 0.231 e. The van der Waals surface area contributed by atoms with Gasteiger partial charge >= 0.3 is 0 Å². The van der Waals surface area contributed by atoms with E-state index in [1.165, 1.54) is 6.07 Å². The summed E-state index contributed by atoms with van der Waals surface area (Å²) in [4.78, 5) is 12.9. The third kappa shape index (κ3) is 2.98. The monoisotopic (exact) mass is 316 g/mol. The lowest BCUT2D eigenvalue weighted by atomic mass is 9.58. The Morgan fingerprint density at radius 2 is 2.04 bits per heavy atom. The normalized spacial score (nSPS) is 24.7. The molecule has 1 heterocycles. The molecule has 0 radical (unpaired) electrons. The van der Waals surface area contributed by atoms with Crippen LogP contribution in [0.1, 0.15) is 32.3 Å². The molecule has 0 spiro atoms. The van der Waals surface area contributed by atoms with E-state index in [2.05, 4.69) is 22.4 Å². The molecule has 0 aliphatic heterocycles. The minimum atomic E-state index is -0.744. The third-order valence-electron chi connectivity index (χ3n) is 4.55. The van der Waals surface area contributed by atoms with Gasteiger partial charge < -0.3 is 9.88 Å². The number of hydrogen-bond donors (Lipinski definition) is 1. The Labute approximate surface area is 134 Å². The van der Waals surface area contributed by atoms with Crippen molar-refractivity contribution in [1.82, 2.24) is 20.1 Å². The average Bonchev–Trinajstić information content (AvgIpc) is 2.97. The Morgan fingerprint density at radius 1 is 1.39 bits per heavy atom. The SMILES string of the molecule is CC1CC(C(=O)NC(C)Cn2cnnc2)(c2ccccc2F)C1. The molecule has 23 heavy (non-hydrogen) atoms. The molecule has 1 atom stereocenters. The van der Waals surface area contributed by atoms with Crippen molar-refractivity contribution in [3.05, 3.63) is 48.3 Å². The van der Waals surface area contributed by atoms with Crippen LogP contribution in [0.15, 0.2) is 36.9 Å². The molecule has 1 aromatic heterocycles. The average molecular weight is 316 g/mol. The van der Waals surface area contributed by atoms with E-state index in [0.29, 0.717) is 30.9 Å². The van der Waals surface area contributed by atoms with Crippen molar-refractivity contribution in [1.29, 1.82) is 0 Å². The quantitative estimate of drug-likeness (QED) is 0.921. The zero-order valence-corrected chi connectivity index (χ0v) is 13.4. The van der Waals surface area contributed by atoms with E-state index < -0.39 is 5.41 Å². The summed E-state index contributed by atoms with van der Waals surface area (Å²) in [6.07, 6.45) is 4.58. The highest BCUT2D eigenvalue weighted by Crippen LogP contribution is 2.48. The molecule has 1 amide bonds. The molecule has 1 aliphatic carbocycles. The second kappa shape index (κ2) is 6.10. The number of hydrogen-bond acceptors (Lipinski definition) is 3. The summed E-state index contributed by atoms with van der Waals surface area (Å²) in [6, 6.07) is 6.51. The first-order valence-corrected chi connectivity index (χ1v) is 7.89. The second-order valence-electron chi connectivity index (χ2n) is 6.61. The summed E-state index contributed by atoms with van der Waals surface area (Å²) in [5.41, 5.74) is -0.237. The van der Waals surface area contributed by atoms with Crippen LogP contribution in [0, 0.1) is 11.7 Å². The van der Waals surface area contributed by atoms with E-state index >= 15 is 0 Å². The predicted molar refractivity (Wildman–Crippen MR) is 84.1 cm³/mol. The van der Waals surface area contributed by atoms with Crippen LogP contribution in [0.5, 0.6) is 0 Å². The Morgan fingerprint density at radius 3 is 2.65 bits per heavy atom. The highest BCUT2D eigenvalue weighted by atomic mass is 19.1. The van der Waals surface area contributed by atoms with Crippen molar-refractivity contribution in [2.45, 2.75) is 44.7 Å². The number of halogens is 1. The largest absolute Gasteiger partial charge is 0.351 e. The molecule has 1 fully saturated rings. The Hall–Kier alpha value is -2.24. The van der Waals surface area contributed by atoms with Crippen molar-refractivity contribution in [3.63, 3.8) is 0 Å². The molecule has 5 nitrogen and oxygen atoms in total. The Bertz CT molecular complexity index is 680. The first-order valence-electron chi connectivity index (χ1n) is 7.89. The number of carbonyl (C=O) groups is 1. The zero-order valence-electron chi connectivity index (χ0n) is 13.4. The van der Waals surface area contributed by atoms with Gasteiger partial charge in [0.1, 0.15) is 18.5 Å². The topological polar surface area (TPSA) is 59.8 Å². The lowest BCUT2D eigenvalue weighted by Crippen LogP contribution is -2.55. The van der Waals surface area contributed by atoms with Gasteiger partial charge in [0.05, 0.1) is 5.41 Å². The molecule has 1 unspecified atom stereocenters. The lowest BCUT2D eigenvalue weighted by Gasteiger charge is -2.46. The number of nitrogens with one attached hydrogen (secondary N) is 1. The maximum Gasteiger partial charge on any atom is 0.231 e. The summed E-state index contributed by atoms with van der Waals surface area (Å²) >= 11 is 0. The number of carbonyl (C=O) groups excluding carboxylic acids is 1. The van der Waals surface area contributed by atoms with Crippen LogP contribution in [0.25, 0.3) is 0 Å². The first kappa shape index (κ1) is 15.6. The fourth-order valence-electron chi connectivity index (χ4n) is 3.55. The standard InChI is InChI=1S/C17H21FN4O/c1-12-7-17(8-12,14-5-3-4-6-15(14)18)16(23)21-13(2)9-22-10-19-20-11-22/h3-6,10-13H,7-9H2,1-2H3,(H,21,23). The van der Waals surface area contributed by atoms with Gasteiger partial charge in [0.2, 0.25) is 5.91 Å². The fourth-order valence-corrected chi connectivity index (χ4v) is 3.55. The molecule has 122 valence electrons. The van der Waals surface area contributed by atoms with Gasteiger partial charge in [-0.15, -0.1) is 10.2 Å². The van der Waals surface area contributed by atoms with Crippen molar-refractivity contribution >= 4 is 5.91 Å². The molecule has 2 aromatic rings. The molecule has 1 aromatic carbocycles. The van der Waals surface area contributed by atoms with Gasteiger partial charge in [-0.05, 0) is 31.7 Å². The van der Waals surface area contributed by atoms with Crippen LogP contribution in [0.4, 0.5) is 4.39 Å². The summed E-state index contributed by atoms with van der Waals surface area (Å²) in [7, 11) is 0. The minimum Gasteiger partial charge on any atom is -0.351 e. The van der Waals surface area contributed by atoms with E-state index in [-0.39, 0.29) is 17.8 Å². The Balaban J connectivity index is 1.76. The maximum absolute atomic E-state index is 14.2. The summed E-state index contributed by atoms with van der Waals surface area (Å²) in [5, 5.41) is 10.5. The maximum atomic E-state index is 14.2. The number of benzene rings is 1. The van der Waals surface area contributed by atoms with Crippen LogP contribution in [0.3, 0.4) is 0 Å². The first-order chi connectivity index (χ1) is 11.0. The number of nitrogens with zero attached hydrogens (tertiary/aromatic N) is 3. The zero-order chi connectivity index (χ0) is 16.4. The van der Waals surface area contributed by atoms with Crippen LogP contribution in [-0.4, -0.2) is 26.7 Å². The molecule has 1 N–H and O–H groups in total.